The molecule has 0 aliphatic heterocycles. The zero-order chi connectivity index (χ0) is 21.4. The van der Waals surface area contributed by atoms with Crippen molar-refractivity contribution < 1.29 is 24.2 Å². The number of rotatable bonds is 8. The van der Waals surface area contributed by atoms with Gasteiger partial charge in [0.05, 0.1) is 13.7 Å². The summed E-state index contributed by atoms with van der Waals surface area (Å²) in [5.41, 5.74) is 2.62. The molecule has 0 saturated heterocycles. The number of methoxy groups -OCH3 is 1. The highest BCUT2D eigenvalue weighted by Crippen LogP contribution is 2.21. The minimum atomic E-state index is -1.27. The van der Waals surface area contributed by atoms with Gasteiger partial charge in [-0.05, 0) is 42.7 Å². The summed E-state index contributed by atoms with van der Waals surface area (Å²) in [6.45, 7) is 3.54. The van der Waals surface area contributed by atoms with Gasteiger partial charge in [-0.2, -0.15) is 0 Å². The third-order valence-corrected chi connectivity index (χ3v) is 4.34. The molecule has 0 heterocycles. The van der Waals surface area contributed by atoms with Crippen molar-refractivity contribution in [3.8, 4) is 5.75 Å². The van der Waals surface area contributed by atoms with Crippen LogP contribution in [0, 0.1) is 13.8 Å². The van der Waals surface area contributed by atoms with Gasteiger partial charge in [0.15, 0.2) is 0 Å². The SMILES string of the molecule is COc1cc(C)c(C(=O)N[C@@H](CNC(=O)NCc2ccccc2)C(=O)O)c(C)c1. The van der Waals surface area contributed by atoms with Crippen LogP contribution in [0.2, 0.25) is 0 Å². The van der Waals surface area contributed by atoms with E-state index in [2.05, 4.69) is 16.0 Å². The predicted molar refractivity (Wildman–Crippen MR) is 108 cm³/mol. The molecule has 2 aromatic carbocycles. The number of hydrogen-bond acceptors (Lipinski definition) is 4. The summed E-state index contributed by atoms with van der Waals surface area (Å²) in [5.74, 6) is -1.16. The molecule has 3 amide bonds. The standard InChI is InChI=1S/C21H25N3O5/c1-13-9-16(29-3)10-14(2)18(13)19(25)24-17(20(26)27)12-23-21(28)22-11-15-7-5-4-6-8-15/h4-10,17H,11-12H2,1-3H3,(H,24,25)(H,26,27)(H2,22,23,28)/t17-/m0/s1. The lowest BCUT2D eigenvalue weighted by Crippen LogP contribution is -2.50. The Morgan fingerprint density at radius 1 is 1.03 bits per heavy atom. The highest BCUT2D eigenvalue weighted by Gasteiger charge is 2.23. The molecule has 154 valence electrons. The van der Waals surface area contributed by atoms with E-state index in [1.165, 1.54) is 7.11 Å². The third kappa shape index (κ3) is 6.24. The van der Waals surface area contributed by atoms with Crippen LogP contribution in [0.25, 0.3) is 0 Å². The van der Waals surface area contributed by atoms with E-state index in [1.54, 1.807) is 26.0 Å². The summed E-state index contributed by atoms with van der Waals surface area (Å²) < 4.78 is 5.17. The maximum absolute atomic E-state index is 12.6. The van der Waals surface area contributed by atoms with Crippen molar-refractivity contribution >= 4 is 17.9 Å². The van der Waals surface area contributed by atoms with Gasteiger partial charge < -0.3 is 25.8 Å². The summed E-state index contributed by atoms with van der Waals surface area (Å²) >= 11 is 0. The summed E-state index contributed by atoms with van der Waals surface area (Å²) in [6, 6.07) is 10.9. The van der Waals surface area contributed by atoms with E-state index in [0.29, 0.717) is 29.0 Å². The Kier molecular flexibility index (Phi) is 7.59. The van der Waals surface area contributed by atoms with Crippen molar-refractivity contribution in [1.82, 2.24) is 16.0 Å². The van der Waals surface area contributed by atoms with Gasteiger partial charge in [-0.25, -0.2) is 9.59 Å². The van der Waals surface area contributed by atoms with Crippen LogP contribution in [-0.4, -0.2) is 42.7 Å². The van der Waals surface area contributed by atoms with E-state index in [4.69, 9.17) is 4.74 Å². The van der Waals surface area contributed by atoms with E-state index < -0.39 is 23.9 Å². The zero-order valence-corrected chi connectivity index (χ0v) is 16.6. The van der Waals surface area contributed by atoms with E-state index >= 15 is 0 Å². The molecule has 4 N–H and O–H groups in total. The molecular formula is C21H25N3O5. The fourth-order valence-electron chi connectivity index (χ4n) is 2.87. The molecule has 29 heavy (non-hydrogen) atoms. The molecule has 8 nitrogen and oxygen atoms in total. The first-order valence-corrected chi connectivity index (χ1v) is 9.06. The molecule has 0 spiro atoms. The second-order valence-corrected chi connectivity index (χ2v) is 6.55. The summed E-state index contributed by atoms with van der Waals surface area (Å²) in [7, 11) is 1.53. The molecule has 2 aromatic rings. The van der Waals surface area contributed by atoms with Crippen LogP contribution in [-0.2, 0) is 11.3 Å². The number of ether oxygens (including phenoxy) is 1. The van der Waals surface area contributed by atoms with Crippen LogP contribution in [0.3, 0.4) is 0 Å². The molecule has 8 heteroatoms. The molecule has 0 aromatic heterocycles. The Morgan fingerprint density at radius 3 is 2.21 bits per heavy atom. The topological polar surface area (TPSA) is 117 Å². The Morgan fingerprint density at radius 2 is 1.66 bits per heavy atom. The first kappa shape index (κ1) is 21.7. The lowest BCUT2D eigenvalue weighted by Gasteiger charge is -2.18. The summed E-state index contributed by atoms with van der Waals surface area (Å²) in [4.78, 5) is 36.1. The highest BCUT2D eigenvalue weighted by atomic mass is 16.5. The van der Waals surface area contributed by atoms with Crippen LogP contribution in [0.4, 0.5) is 4.79 Å². The number of carbonyl (C=O) groups excluding carboxylic acids is 2. The van der Waals surface area contributed by atoms with Gasteiger partial charge in [0.1, 0.15) is 11.8 Å². The number of carbonyl (C=O) groups is 3. The quantitative estimate of drug-likeness (QED) is 0.542. The molecule has 0 aliphatic rings. The van der Waals surface area contributed by atoms with Crippen molar-refractivity contribution in [2.45, 2.75) is 26.4 Å². The van der Waals surface area contributed by atoms with E-state index in [1.807, 2.05) is 30.3 Å². The Hall–Kier alpha value is -3.55. The van der Waals surface area contributed by atoms with E-state index in [-0.39, 0.29) is 6.54 Å². The number of urea groups is 1. The Bertz CT molecular complexity index is 860. The molecular weight excluding hydrogens is 374 g/mol. The zero-order valence-electron chi connectivity index (χ0n) is 16.6. The predicted octanol–water partition coefficient (Wildman–Crippen LogP) is 1.99. The number of nitrogens with one attached hydrogen (secondary N) is 3. The molecule has 0 fully saturated rings. The van der Waals surface area contributed by atoms with Crippen LogP contribution in [0.1, 0.15) is 27.0 Å². The van der Waals surface area contributed by atoms with Gasteiger partial charge in [0, 0.05) is 12.1 Å². The van der Waals surface area contributed by atoms with Crippen molar-refractivity contribution in [1.29, 1.82) is 0 Å². The number of carboxylic acid groups (broad SMARTS) is 1. The molecule has 0 radical (unpaired) electrons. The van der Waals surface area contributed by atoms with Crippen LogP contribution < -0.4 is 20.7 Å². The molecule has 2 rings (SSSR count). The first-order valence-electron chi connectivity index (χ1n) is 9.06. The molecule has 0 saturated carbocycles. The van der Waals surface area contributed by atoms with Gasteiger partial charge in [0.25, 0.3) is 5.91 Å². The number of aliphatic carboxylic acids is 1. The maximum atomic E-state index is 12.6. The Balaban J connectivity index is 1.95. The number of carboxylic acids is 1. The van der Waals surface area contributed by atoms with Crippen molar-refractivity contribution in [3.05, 3.63) is 64.7 Å². The number of benzene rings is 2. The fourth-order valence-corrected chi connectivity index (χ4v) is 2.87. The summed E-state index contributed by atoms with van der Waals surface area (Å²) in [6.07, 6.45) is 0. The number of aryl methyl sites for hydroxylation is 2. The smallest absolute Gasteiger partial charge is 0.328 e. The van der Waals surface area contributed by atoms with Crippen LogP contribution >= 0.6 is 0 Å². The molecule has 0 bridgehead atoms. The normalized spacial score (nSPS) is 11.3. The number of amides is 3. The highest BCUT2D eigenvalue weighted by molar-refractivity contribution is 5.99. The first-order chi connectivity index (χ1) is 13.8. The average Bonchev–Trinajstić information content (AvgIpc) is 2.69. The average molecular weight is 399 g/mol. The fraction of sp³-hybridized carbons (Fsp3) is 0.286. The van der Waals surface area contributed by atoms with Gasteiger partial charge in [0.2, 0.25) is 0 Å². The van der Waals surface area contributed by atoms with Gasteiger partial charge in [-0.3, -0.25) is 4.79 Å². The van der Waals surface area contributed by atoms with Crippen LogP contribution in [0.5, 0.6) is 5.75 Å². The Labute approximate surface area is 169 Å². The van der Waals surface area contributed by atoms with Gasteiger partial charge >= 0.3 is 12.0 Å². The van der Waals surface area contributed by atoms with Gasteiger partial charge in [-0.1, -0.05) is 30.3 Å². The van der Waals surface area contributed by atoms with Crippen molar-refractivity contribution in [2.24, 2.45) is 0 Å². The second kappa shape index (κ2) is 10.1. The van der Waals surface area contributed by atoms with Crippen molar-refractivity contribution in [3.63, 3.8) is 0 Å². The molecule has 0 unspecified atom stereocenters. The van der Waals surface area contributed by atoms with E-state index in [9.17, 15) is 19.5 Å². The van der Waals surface area contributed by atoms with Gasteiger partial charge in [-0.15, -0.1) is 0 Å². The minimum absolute atomic E-state index is 0.254. The lowest BCUT2D eigenvalue weighted by atomic mass is 10.0. The number of hydrogen-bond donors (Lipinski definition) is 4. The monoisotopic (exact) mass is 399 g/mol. The molecule has 0 aliphatic carbocycles. The lowest BCUT2D eigenvalue weighted by molar-refractivity contribution is -0.139. The largest absolute Gasteiger partial charge is 0.497 e. The minimum Gasteiger partial charge on any atom is -0.497 e. The maximum Gasteiger partial charge on any atom is 0.328 e. The third-order valence-electron chi connectivity index (χ3n) is 4.34. The second-order valence-electron chi connectivity index (χ2n) is 6.55. The molecule has 1 atom stereocenters. The summed E-state index contributed by atoms with van der Waals surface area (Å²) in [5, 5.41) is 17.0. The van der Waals surface area contributed by atoms with Crippen LogP contribution in [0.15, 0.2) is 42.5 Å². The van der Waals surface area contributed by atoms with Crippen molar-refractivity contribution in [2.75, 3.05) is 13.7 Å². The van der Waals surface area contributed by atoms with E-state index in [0.717, 1.165) is 5.56 Å².